The third-order valence-corrected chi connectivity index (χ3v) is 2.96. The number of hydrogen-bond donors (Lipinski definition) is 2. The largest absolute Gasteiger partial charge is 0.410 e. The molecule has 0 fully saturated rings. The standard InChI is InChI=1S/C14H10N2O2/c17-14-10-6-2-1-5-9(10)13(16-18)11-7-3-4-8-12(11)15-14/h1-8,18H,(H,15,17)/b16-13+. The van der Waals surface area contributed by atoms with E-state index in [1.165, 1.54) is 0 Å². The van der Waals surface area contributed by atoms with Crippen molar-refractivity contribution < 1.29 is 5.21 Å². The second-order valence-electron chi connectivity index (χ2n) is 3.99. The van der Waals surface area contributed by atoms with E-state index in [4.69, 9.17) is 0 Å². The first-order valence-electron chi connectivity index (χ1n) is 5.53. The molecule has 3 rings (SSSR count). The SMILES string of the molecule is O=c1[nH]c2ccccc2/c(=N/O)c2ccccc12. The van der Waals surface area contributed by atoms with Crippen molar-refractivity contribution in [1.82, 2.24) is 4.98 Å². The molecule has 4 nitrogen and oxygen atoms in total. The Morgan fingerprint density at radius 2 is 1.50 bits per heavy atom. The Bertz CT molecular complexity index is 866. The summed E-state index contributed by atoms with van der Waals surface area (Å²) in [5, 5.41) is 14.8. The Morgan fingerprint density at radius 3 is 2.22 bits per heavy atom. The van der Waals surface area contributed by atoms with E-state index < -0.39 is 0 Å². The number of aromatic nitrogens is 1. The van der Waals surface area contributed by atoms with Gasteiger partial charge in [0.15, 0.2) is 0 Å². The lowest BCUT2D eigenvalue weighted by atomic mass is 10.1. The van der Waals surface area contributed by atoms with E-state index in [-0.39, 0.29) is 5.56 Å². The van der Waals surface area contributed by atoms with Crippen LogP contribution in [0.3, 0.4) is 0 Å². The van der Waals surface area contributed by atoms with Crippen LogP contribution in [0.15, 0.2) is 58.5 Å². The van der Waals surface area contributed by atoms with Crippen LogP contribution in [0.25, 0.3) is 21.7 Å². The average molecular weight is 238 g/mol. The Morgan fingerprint density at radius 1 is 0.889 bits per heavy atom. The van der Waals surface area contributed by atoms with Gasteiger partial charge in [-0.25, -0.2) is 0 Å². The molecule has 0 atom stereocenters. The fraction of sp³-hybridized carbons (Fsp3) is 0. The highest BCUT2D eigenvalue weighted by molar-refractivity contribution is 5.90. The van der Waals surface area contributed by atoms with E-state index >= 15 is 0 Å². The predicted molar refractivity (Wildman–Crippen MR) is 69.4 cm³/mol. The van der Waals surface area contributed by atoms with E-state index in [1.807, 2.05) is 24.3 Å². The summed E-state index contributed by atoms with van der Waals surface area (Å²) < 4.78 is 0. The molecule has 0 unspecified atom stereocenters. The molecule has 2 N–H and O–H groups in total. The van der Waals surface area contributed by atoms with Gasteiger partial charge in [-0.1, -0.05) is 41.6 Å². The summed E-state index contributed by atoms with van der Waals surface area (Å²) in [6.45, 7) is 0. The second kappa shape index (κ2) is 4.00. The van der Waals surface area contributed by atoms with Crippen LogP contribution >= 0.6 is 0 Å². The molecule has 0 bridgehead atoms. The fourth-order valence-corrected chi connectivity index (χ4v) is 2.13. The minimum absolute atomic E-state index is 0.197. The van der Waals surface area contributed by atoms with Gasteiger partial charge in [0.1, 0.15) is 5.36 Å². The summed E-state index contributed by atoms with van der Waals surface area (Å²) in [6.07, 6.45) is 0. The molecule has 1 heterocycles. The number of rotatable bonds is 0. The normalized spacial score (nSPS) is 12.1. The molecule has 0 aliphatic carbocycles. The Labute approximate surface area is 102 Å². The number of H-pyrrole nitrogens is 1. The van der Waals surface area contributed by atoms with Gasteiger partial charge in [0.25, 0.3) is 5.56 Å². The van der Waals surface area contributed by atoms with Crippen molar-refractivity contribution >= 4 is 21.7 Å². The Balaban J connectivity index is 2.81. The summed E-state index contributed by atoms with van der Waals surface area (Å²) in [5.41, 5.74) is 0.447. The monoisotopic (exact) mass is 238 g/mol. The zero-order chi connectivity index (χ0) is 12.5. The van der Waals surface area contributed by atoms with Crippen LogP contribution in [0.2, 0.25) is 0 Å². The molecule has 0 amide bonds. The highest BCUT2D eigenvalue weighted by Crippen LogP contribution is 2.09. The Kier molecular flexibility index (Phi) is 2.34. The first kappa shape index (κ1) is 10.5. The van der Waals surface area contributed by atoms with Crippen LogP contribution in [0.5, 0.6) is 0 Å². The number of benzene rings is 2. The maximum absolute atomic E-state index is 12.1. The van der Waals surface area contributed by atoms with Crippen molar-refractivity contribution in [2.24, 2.45) is 5.16 Å². The Hall–Kier alpha value is -2.62. The summed E-state index contributed by atoms with van der Waals surface area (Å²) in [5.74, 6) is 0. The average Bonchev–Trinajstić information content (AvgIpc) is 2.53. The lowest BCUT2D eigenvalue weighted by Crippen LogP contribution is -2.04. The van der Waals surface area contributed by atoms with Crippen molar-refractivity contribution in [2.45, 2.75) is 0 Å². The molecular formula is C14H10N2O2. The summed E-state index contributed by atoms with van der Waals surface area (Å²) in [7, 11) is 0. The van der Waals surface area contributed by atoms with E-state index in [2.05, 4.69) is 10.1 Å². The molecule has 88 valence electrons. The maximum Gasteiger partial charge on any atom is 0.256 e. The molecule has 1 aromatic heterocycles. The minimum Gasteiger partial charge on any atom is -0.410 e. The van der Waals surface area contributed by atoms with Crippen LogP contribution in [-0.2, 0) is 0 Å². The van der Waals surface area contributed by atoms with Crippen molar-refractivity contribution in [2.75, 3.05) is 0 Å². The van der Waals surface area contributed by atoms with Gasteiger partial charge in [0.2, 0.25) is 0 Å². The van der Waals surface area contributed by atoms with Gasteiger partial charge in [-0.15, -0.1) is 0 Å². The van der Waals surface area contributed by atoms with Crippen molar-refractivity contribution in [3.63, 3.8) is 0 Å². The first-order valence-corrected chi connectivity index (χ1v) is 5.53. The number of para-hydroxylation sites is 1. The lowest BCUT2D eigenvalue weighted by molar-refractivity contribution is 0.304. The number of hydrogen-bond acceptors (Lipinski definition) is 3. The molecular weight excluding hydrogens is 228 g/mol. The zero-order valence-electron chi connectivity index (χ0n) is 9.42. The predicted octanol–water partition coefficient (Wildman–Crippen LogP) is 1.97. The molecule has 0 radical (unpaired) electrons. The smallest absolute Gasteiger partial charge is 0.256 e. The maximum atomic E-state index is 12.1. The van der Waals surface area contributed by atoms with Crippen LogP contribution in [0.1, 0.15) is 0 Å². The molecule has 0 saturated carbocycles. The number of aromatic amines is 1. The van der Waals surface area contributed by atoms with Gasteiger partial charge in [-0.05, 0) is 12.1 Å². The third kappa shape index (κ3) is 1.47. The van der Waals surface area contributed by atoms with Crippen molar-refractivity contribution in [3.8, 4) is 0 Å². The molecule has 0 spiro atoms. The minimum atomic E-state index is -0.197. The summed E-state index contributed by atoms with van der Waals surface area (Å²) >= 11 is 0. The van der Waals surface area contributed by atoms with Gasteiger partial charge < -0.3 is 10.2 Å². The molecule has 0 saturated heterocycles. The topological polar surface area (TPSA) is 65.5 Å². The van der Waals surface area contributed by atoms with Crippen LogP contribution in [-0.4, -0.2) is 10.2 Å². The highest BCUT2D eigenvalue weighted by atomic mass is 16.4. The molecule has 18 heavy (non-hydrogen) atoms. The van der Waals surface area contributed by atoms with Crippen LogP contribution in [0, 0.1) is 0 Å². The van der Waals surface area contributed by atoms with Gasteiger partial charge in [-0.2, -0.15) is 0 Å². The van der Waals surface area contributed by atoms with E-state index in [0.29, 0.717) is 27.0 Å². The van der Waals surface area contributed by atoms with Crippen molar-refractivity contribution in [3.05, 3.63) is 64.2 Å². The van der Waals surface area contributed by atoms with E-state index in [1.54, 1.807) is 24.3 Å². The van der Waals surface area contributed by atoms with E-state index in [0.717, 1.165) is 0 Å². The second-order valence-corrected chi connectivity index (χ2v) is 3.99. The molecule has 2 aromatic carbocycles. The quantitative estimate of drug-likeness (QED) is 0.464. The summed E-state index contributed by atoms with van der Waals surface area (Å²) in [6, 6.07) is 14.3. The molecule has 0 aliphatic heterocycles. The molecule has 4 heteroatoms. The molecule has 3 aromatic rings. The van der Waals surface area contributed by atoms with Crippen LogP contribution in [0.4, 0.5) is 0 Å². The van der Waals surface area contributed by atoms with Gasteiger partial charge in [0, 0.05) is 16.2 Å². The number of nitrogens with one attached hydrogen (secondary N) is 1. The highest BCUT2D eigenvalue weighted by Gasteiger charge is 2.03. The third-order valence-electron chi connectivity index (χ3n) is 2.96. The first-order chi connectivity index (χ1) is 8.81. The number of fused-ring (bicyclic) bond motifs is 2. The van der Waals surface area contributed by atoms with Gasteiger partial charge in [-0.3, -0.25) is 4.79 Å². The van der Waals surface area contributed by atoms with Gasteiger partial charge >= 0.3 is 0 Å². The molecule has 0 aliphatic rings. The lowest BCUT2D eigenvalue weighted by Gasteiger charge is -1.92. The zero-order valence-corrected chi connectivity index (χ0v) is 9.42. The number of nitrogens with zero attached hydrogens (tertiary/aromatic N) is 1. The van der Waals surface area contributed by atoms with E-state index in [9.17, 15) is 10.0 Å². The van der Waals surface area contributed by atoms with Crippen LogP contribution < -0.4 is 10.9 Å². The van der Waals surface area contributed by atoms with Gasteiger partial charge in [0.05, 0.1) is 5.52 Å². The van der Waals surface area contributed by atoms with Crippen molar-refractivity contribution in [1.29, 1.82) is 0 Å². The summed E-state index contributed by atoms with van der Waals surface area (Å²) in [4.78, 5) is 14.9. The fourth-order valence-electron chi connectivity index (χ4n) is 2.13.